The van der Waals surface area contributed by atoms with Crippen LogP contribution in [-0.2, 0) is 13.1 Å². The second kappa shape index (κ2) is 12.4. The Hall–Kier alpha value is -3.02. The van der Waals surface area contributed by atoms with Gasteiger partial charge in [0.25, 0.3) is 5.91 Å². The van der Waals surface area contributed by atoms with Gasteiger partial charge in [-0.2, -0.15) is 0 Å². The summed E-state index contributed by atoms with van der Waals surface area (Å²) in [6.45, 7) is 6.67. The van der Waals surface area contributed by atoms with E-state index in [2.05, 4.69) is 27.9 Å². The van der Waals surface area contributed by atoms with E-state index in [-0.39, 0.29) is 5.91 Å². The highest BCUT2D eigenvalue weighted by Crippen LogP contribution is 2.17. The number of para-hydroxylation sites is 1. The van der Waals surface area contributed by atoms with Gasteiger partial charge in [0, 0.05) is 37.8 Å². The molecule has 0 saturated heterocycles. The first-order valence-corrected chi connectivity index (χ1v) is 10.2. The molecule has 0 fully saturated rings. The van der Waals surface area contributed by atoms with Crippen molar-refractivity contribution >= 4 is 11.9 Å². The van der Waals surface area contributed by atoms with E-state index in [9.17, 15) is 4.79 Å². The molecule has 2 aromatic rings. The molecule has 6 heteroatoms. The highest BCUT2D eigenvalue weighted by Gasteiger charge is 2.06. The number of carbonyl (C=O) groups is 1. The lowest BCUT2D eigenvalue weighted by atomic mass is 10.1. The molecule has 0 saturated carbocycles. The molecule has 2 aromatic carbocycles. The van der Waals surface area contributed by atoms with E-state index >= 15 is 0 Å². The summed E-state index contributed by atoms with van der Waals surface area (Å²) in [4.78, 5) is 16.3. The predicted molar refractivity (Wildman–Crippen MR) is 118 cm³/mol. The van der Waals surface area contributed by atoms with E-state index in [1.165, 1.54) is 0 Å². The Bertz CT molecular complexity index is 788. The molecule has 0 aliphatic heterocycles. The third kappa shape index (κ3) is 7.49. The first-order chi connectivity index (χ1) is 14.2. The standard InChI is InChI=1S/C23H32N4O2/c1-4-6-15-25-22(28)19-13-11-18(12-14-19)16-26-23(24-3)27-17-20-9-7-8-10-21(20)29-5-2/h7-14H,4-6,15-17H2,1-3H3,(H,25,28)(H2,24,26,27). The molecule has 0 unspecified atom stereocenters. The quantitative estimate of drug-likeness (QED) is 0.327. The Labute approximate surface area is 173 Å². The Morgan fingerprint density at radius 1 is 0.966 bits per heavy atom. The molecule has 0 radical (unpaired) electrons. The lowest BCUT2D eigenvalue weighted by Crippen LogP contribution is -2.36. The number of guanidine groups is 1. The van der Waals surface area contributed by atoms with Gasteiger partial charge < -0.3 is 20.7 Å². The number of hydrogen-bond donors (Lipinski definition) is 3. The number of rotatable bonds is 10. The van der Waals surface area contributed by atoms with Gasteiger partial charge in [-0.3, -0.25) is 9.79 Å². The van der Waals surface area contributed by atoms with Crippen LogP contribution in [0.2, 0.25) is 0 Å². The van der Waals surface area contributed by atoms with Crippen LogP contribution in [0.1, 0.15) is 48.2 Å². The van der Waals surface area contributed by atoms with Gasteiger partial charge in [0.2, 0.25) is 0 Å². The van der Waals surface area contributed by atoms with Crippen LogP contribution in [0.5, 0.6) is 5.75 Å². The van der Waals surface area contributed by atoms with Crippen molar-refractivity contribution in [3.05, 3.63) is 65.2 Å². The molecule has 3 N–H and O–H groups in total. The monoisotopic (exact) mass is 396 g/mol. The normalized spacial score (nSPS) is 11.1. The highest BCUT2D eigenvalue weighted by molar-refractivity contribution is 5.94. The molecule has 2 rings (SSSR count). The van der Waals surface area contributed by atoms with Gasteiger partial charge >= 0.3 is 0 Å². The van der Waals surface area contributed by atoms with Gasteiger partial charge in [-0.1, -0.05) is 43.7 Å². The Balaban J connectivity index is 1.84. The van der Waals surface area contributed by atoms with E-state index in [1.807, 2.05) is 55.5 Å². The first kappa shape index (κ1) is 22.3. The van der Waals surface area contributed by atoms with Crippen molar-refractivity contribution in [2.45, 2.75) is 39.8 Å². The average molecular weight is 397 g/mol. The third-order valence-electron chi connectivity index (χ3n) is 4.43. The SMILES string of the molecule is CCCCNC(=O)c1ccc(CNC(=NC)NCc2ccccc2OCC)cc1. The minimum absolute atomic E-state index is 0.0246. The molecule has 0 aromatic heterocycles. The molecular weight excluding hydrogens is 364 g/mol. The molecule has 156 valence electrons. The van der Waals surface area contributed by atoms with Gasteiger partial charge in [-0.05, 0) is 37.1 Å². The molecule has 6 nitrogen and oxygen atoms in total. The Morgan fingerprint density at radius 2 is 1.69 bits per heavy atom. The van der Waals surface area contributed by atoms with Crippen LogP contribution in [0, 0.1) is 0 Å². The molecule has 29 heavy (non-hydrogen) atoms. The summed E-state index contributed by atoms with van der Waals surface area (Å²) in [6, 6.07) is 15.6. The van der Waals surface area contributed by atoms with E-state index in [0.717, 1.165) is 29.7 Å². The maximum atomic E-state index is 12.1. The molecule has 0 aliphatic rings. The van der Waals surface area contributed by atoms with Crippen molar-refractivity contribution in [3.63, 3.8) is 0 Å². The van der Waals surface area contributed by atoms with Crippen LogP contribution in [0.15, 0.2) is 53.5 Å². The van der Waals surface area contributed by atoms with Crippen LogP contribution in [0.3, 0.4) is 0 Å². The van der Waals surface area contributed by atoms with Crippen molar-refractivity contribution < 1.29 is 9.53 Å². The number of nitrogens with zero attached hydrogens (tertiary/aromatic N) is 1. The van der Waals surface area contributed by atoms with Crippen molar-refractivity contribution in [1.82, 2.24) is 16.0 Å². The second-order valence-electron chi connectivity index (χ2n) is 6.63. The summed E-state index contributed by atoms with van der Waals surface area (Å²) in [5.41, 5.74) is 2.84. The largest absolute Gasteiger partial charge is 0.494 e. The van der Waals surface area contributed by atoms with Gasteiger partial charge in [-0.15, -0.1) is 0 Å². The first-order valence-electron chi connectivity index (χ1n) is 10.2. The summed E-state index contributed by atoms with van der Waals surface area (Å²) in [7, 11) is 1.74. The molecule has 0 aliphatic carbocycles. The summed E-state index contributed by atoms with van der Waals surface area (Å²) in [5.74, 6) is 1.56. The van der Waals surface area contributed by atoms with Crippen molar-refractivity contribution in [2.75, 3.05) is 20.2 Å². The number of carbonyl (C=O) groups excluding carboxylic acids is 1. The van der Waals surface area contributed by atoms with Crippen LogP contribution in [0.4, 0.5) is 0 Å². The van der Waals surface area contributed by atoms with Gasteiger partial charge in [0.15, 0.2) is 5.96 Å². The van der Waals surface area contributed by atoms with Crippen molar-refractivity contribution in [3.8, 4) is 5.75 Å². The van der Waals surface area contributed by atoms with E-state index in [0.29, 0.717) is 37.8 Å². The predicted octanol–water partition coefficient (Wildman–Crippen LogP) is 3.48. The minimum atomic E-state index is -0.0246. The Morgan fingerprint density at radius 3 is 2.38 bits per heavy atom. The molecule has 0 heterocycles. The fraction of sp³-hybridized carbons (Fsp3) is 0.391. The third-order valence-corrected chi connectivity index (χ3v) is 4.43. The van der Waals surface area contributed by atoms with Crippen LogP contribution in [-0.4, -0.2) is 32.1 Å². The maximum Gasteiger partial charge on any atom is 0.251 e. The number of aliphatic imine (C=N–C) groups is 1. The number of ether oxygens (including phenoxy) is 1. The van der Waals surface area contributed by atoms with Gasteiger partial charge in [-0.25, -0.2) is 0 Å². The highest BCUT2D eigenvalue weighted by atomic mass is 16.5. The van der Waals surface area contributed by atoms with E-state index < -0.39 is 0 Å². The van der Waals surface area contributed by atoms with E-state index in [4.69, 9.17) is 4.74 Å². The van der Waals surface area contributed by atoms with Gasteiger partial charge in [0.1, 0.15) is 5.75 Å². The number of unbranched alkanes of at least 4 members (excludes halogenated alkanes) is 1. The summed E-state index contributed by atoms with van der Waals surface area (Å²) in [6.07, 6.45) is 2.06. The van der Waals surface area contributed by atoms with Crippen LogP contribution < -0.4 is 20.7 Å². The fourth-order valence-corrected chi connectivity index (χ4v) is 2.79. The number of nitrogens with one attached hydrogen (secondary N) is 3. The lowest BCUT2D eigenvalue weighted by molar-refractivity contribution is 0.0953. The average Bonchev–Trinajstić information content (AvgIpc) is 2.75. The maximum absolute atomic E-state index is 12.1. The Kier molecular flexibility index (Phi) is 9.55. The fourth-order valence-electron chi connectivity index (χ4n) is 2.79. The van der Waals surface area contributed by atoms with Crippen LogP contribution >= 0.6 is 0 Å². The summed E-state index contributed by atoms with van der Waals surface area (Å²) >= 11 is 0. The zero-order valence-corrected chi connectivity index (χ0v) is 17.6. The zero-order chi connectivity index (χ0) is 20.9. The molecule has 0 spiro atoms. The molecule has 0 bridgehead atoms. The molecule has 0 atom stereocenters. The minimum Gasteiger partial charge on any atom is -0.494 e. The number of hydrogen-bond acceptors (Lipinski definition) is 3. The van der Waals surface area contributed by atoms with E-state index in [1.54, 1.807) is 7.05 Å². The topological polar surface area (TPSA) is 74.8 Å². The number of amides is 1. The summed E-state index contributed by atoms with van der Waals surface area (Å²) in [5, 5.41) is 9.53. The molecular formula is C23H32N4O2. The van der Waals surface area contributed by atoms with Crippen molar-refractivity contribution in [2.24, 2.45) is 4.99 Å². The number of benzene rings is 2. The lowest BCUT2D eigenvalue weighted by Gasteiger charge is -2.14. The van der Waals surface area contributed by atoms with Gasteiger partial charge in [0.05, 0.1) is 6.61 Å². The molecule has 1 amide bonds. The van der Waals surface area contributed by atoms with Crippen molar-refractivity contribution in [1.29, 1.82) is 0 Å². The second-order valence-corrected chi connectivity index (χ2v) is 6.63. The summed E-state index contributed by atoms with van der Waals surface area (Å²) < 4.78 is 5.66. The zero-order valence-electron chi connectivity index (χ0n) is 17.6. The van der Waals surface area contributed by atoms with Crippen LogP contribution in [0.25, 0.3) is 0 Å². The smallest absolute Gasteiger partial charge is 0.251 e.